The van der Waals surface area contributed by atoms with Gasteiger partial charge in [0.15, 0.2) is 0 Å². The predicted molar refractivity (Wildman–Crippen MR) is 247 cm³/mol. The zero-order valence-corrected chi connectivity index (χ0v) is 40.3. The van der Waals surface area contributed by atoms with E-state index in [1.807, 2.05) is 0 Å². The summed E-state index contributed by atoms with van der Waals surface area (Å²) < 4.78 is 0. The van der Waals surface area contributed by atoms with Crippen LogP contribution >= 0.6 is 0 Å². The zero-order chi connectivity index (χ0) is 52.4. The van der Waals surface area contributed by atoms with E-state index in [-0.39, 0.29) is 43.9 Å². The van der Waals surface area contributed by atoms with Crippen LogP contribution in [0.2, 0.25) is 0 Å². The molecule has 1 aliphatic rings. The number of carbonyl (C=O) groups excluding carboxylic acids is 9. The van der Waals surface area contributed by atoms with Crippen LogP contribution in [-0.4, -0.2) is 146 Å². The fraction of sp³-hybridized carbons (Fsp3) is 0.622. The number of primary amides is 1. The van der Waals surface area contributed by atoms with Gasteiger partial charge in [0.25, 0.3) is 0 Å². The minimum Gasteiger partial charge on any atom is -0.508 e. The Morgan fingerprint density at radius 2 is 1.20 bits per heavy atom. The minimum atomic E-state index is -1.85. The predicted octanol–water partition coefficient (Wildman–Crippen LogP) is -2.13. The molecule has 0 unspecified atom stereocenters. The summed E-state index contributed by atoms with van der Waals surface area (Å²) in [5.74, 6) is -12.2. The Bertz CT molecular complexity index is 2030. The van der Waals surface area contributed by atoms with Crippen LogP contribution in [0.25, 0.3) is 0 Å². The molecule has 0 spiro atoms. The minimum absolute atomic E-state index is 0.0237. The van der Waals surface area contributed by atoms with Crippen molar-refractivity contribution in [1.82, 2.24) is 42.1 Å². The van der Waals surface area contributed by atoms with Crippen LogP contribution in [0.15, 0.2) is 24.3 Å². The number of carboxylic acid groups (broad SMARTS) is 2. The van der Waals surface area contributed by atoms with Gasteiger partial charge in [-0.15, -0.1) is 0 Å². The maximum atomic E-state index is 13.9. The van der Waals surface area contributed by atoms with Crippen molar-refractivity contribution in [2.75, 3.05) is 6.54 Å². The van der Waals surface area contributed by atoms with Gasteiger partial charge >= 0.3 is 11.9 Å². The molecule has 2 rings (SSSR count). The molecule has 24 nitrogen and oxygen atoms in total. The number of hydrogen-bond donors (Lipinski definition) is 12. The van der Waals surface area contributed by atoms with Gasteiger partial charge < -0.3 is 68.9 Å². The van der Waals surface area contributed by atoms with Crippen molar-refractivity contribution in [1.29, 1.82) is 0 Å². The highest BCUT2D eigenvalue weighted by Crippen LogP contribution is 2.20. The lowest BCUT2D eigenvalue weighted by atomic mass is 9.96. The standard InChI is InChI=1S/C45H70N10O14/c1-9-23(6)36(43(66)51-29(19-33(47)57)39(62)50-30(20-34(58)59)40(63)52-31(45(68)69)17-21(2)3)54-42(65)35(22(4)5)53-37(60)24(7)48-41(64)32-11-10-16-55(32)44(67)25(8)49-38(61)28(46)18-26-12-14-27(56)15-13-26/h12-15,21-25,28-32,35-36,56H,9-11,16-20,46H2,1-8H3,(H2,47,57)(H,48,64)(H,49,61)(H,50,62)(H,51,66)(H,52,63)(H,53,60)(H,54,65)(H,58,59)(H,68,69)/t23-,24-,25-,28-,29-,30-,31-,32-,35-,36-/m0/s1. The summed E-state index contributed by atoms with van der Waals surface area (Å²) in [6.07, 6.45) is -0.723. The fourth-order valence-electron chi connectivity index (χ4n) is 7.34. The first-order valence-electron chi connectivity index (χ1n) is 22.9. The van der Waals surface area contributed by atoms with Gasteiger partial charge in [-0.25, -0.2) is 4.79 Å². The number of carbonyl (C=O) groups is 11. The van der Waals surface area contributed by atoms with Crippen molar-refractivity contribution in [2.45, 2.75) is 155 Å². The van der Waals surface area contributed by atoms with Crippen molar-refractivity contribution in [3.05, 3.63) is 29.8 Å². The van der Waals surface area contributed by atoms with E-state index in [1.165, 1.54) is 30.9 Å². The highest BCUT2D eigenvalue weighted by Gasteiger charge is 2.39. The molecule has 384 valence electrons. The summed E-state index contributed by atoms with van der Waals surface area (Å²) in [5.41, 5.74) is 12.1. The van der Waals surface area contributed by atoms with E-state index in [0.717, 1.165) is 0 Å². The van der Waals surface area contributed by atoms with Crippen molar-refractivity contribution in [3.63, 3.8) is 0 Å². The second kappa shape index (κ2) is 27.2. The SMILES string of the molecule is CC[C@H](C)[C@H](NC(=O)[C@@H](NC(=O)[C@H](C)NC(=O)[C@@H]1CCCN1C(=O)[C@H](C)NC(=O)[C@@H](N)Cc1ccc(O)cc1)C(C)C)C(=O)N[C@@H](CC(N)=O)C(=O)N[C@@H](CC(=O)O)C(=O)N[C@@H](CC(C)C)C(=O)O. The summed E-state index contributed by atoms with van der Waals surface area (Å²) in [7, 11) is 0. The van der Waals surface area contributed by atoms with Gasteiger partial charge in [-0.05, 0) is 75.0 Å². The normalized spacial score (nSPS) is 17.3. The average molecular weight is 975 g/mol. The van der Waals surface area contributed by atoms with Gasteiger partial charge in [0, 0.05) is 6.54 Å². The number of phenols is 1. The Hall–Kier alpha value is -6.85. The highest BCUT2D eigenvalue weighted by molar-refractivity contribution is 5.99. The summed E-state index contributed by atoms with van der Waals surface area (Å²) in [6.45, 7) is 12.9. The number of hydrogen-bond acceptors (Lipinski definition) is 13. The first-order valence-corrected chi connectivity index (χ1v) is 22.9. The third-order valence-corrected chi connectivity index (χ3v) is 11.5. The van der Waals surface area contributed by atoms with Crippen molar-refractivity contribution in [2.24, 2.45) is 29.2 Å². The van der Waals surface area contributed by atoms with E-state index in [0.29, 0.717) is 12.0 Å². The molecule has 1 aliphatic heterocycles. The molecule has 69 heavy (non-hydrogen) atoms. The number of benzene rings is 1. The number of nitrogens with two attached hydrogens (primary N) is 2. The maximum absolute atomic E-state index is 13.9. The molecular formula is C45H70N10O14. The van der Waals surface area contributed by atoms with Gasteiger partial charge in [-0.1, -0.05) is 60.1 Å². The van der Waals surface area contributed by atoms with E-state index in [9.17, 15) is 68.1 Å². The van der Waals surface area contributed by atoms with E-state index < -0.39 is 144 Å². The number of likely N-dealkylation sites (tertiary alicyclic amines) is 1. The van der Waals surface area contributed by atoms with Gasteiger partial charge in [0.1, 0.15) is 54.1 Å². The Balaban J connectivity index is 2.16. The average Bonchev–Trinajstić information content (AvgIpc) is 3.76. The molecule has 24 heteroatoms. The number of aliphatic carboxylic acids is 2. The number of aromatic hydroxyl groups is 1. The largest absolute Gasteiger partial charge is 0.508 e. The third kappa shape index (κ3) is 18.6. The van der Waals surface area contributed by atoms with E-state index in [4.69, 9.17) is 11.5 Å². The maximum Gasteiger partial charge on any atom is 0.326 e. The lowest BCUT2D eigenvalue weighted by Gasteiger charge is -2.30. The summed E-state index contributed by atoms with van der Waals surface area (Å²) in [6, 6.07) is -5.93. The molecule has 9 amide bonds. The zero-order valence-electron chi connectivity index (χ0n) is 40.3. The van der Waals surface area contributed by atoms with Crippen LogP contribution in [0.5, 0.6) is 5.75 Å². The Morgan fingerprint density at radius 1 is 0.667 bits per heavy atom. The topological polar surface area (TPSA) is 388 Å². The molecular weight excluding hydrogens is 905 g/mol. The number of nitrogens with one attached hydrogen (secondary N) is 7. The number of carboxylic acids is 2. The quantitative estimate of drug-likeness (QED) is 0.0448. The molecule has 0 aromatic heterocycles. The summed E-state index contributed by atoms with van der Waals surface area (Å²) >= 11 is 0. The fourth-order valence-corrected chi connectivity index (χ4v) is 7.34. The number of rotatable bonds is 27. The van der Waals surface area contributed by atoms with Gasteiger partial charge in [0.2, 0.25) is 53.2 Å². The number of phenolic OH excluding ortho intramolecular Hbond substituents is 1. The lowest BCUT2D eigenvalue weighted by Crippen LogP contribution is -2.62. The first kappa shape index (κ1) is 58.3. The van der Waals surface area contributed by atoms with Crippen LogP contribution in [-0.2, 0) is 59.2 Å². The van der Waals surface area contributed by atoms with Gasteiger partial charge in [0.05, 0.1) is 18.9 Å². The Labute approximate surface area is 400 Å². The van der Waals surface area contributed by atoms with E-state index in [1.54, 1.807) is 53.7 Å². The lowest BCUT2D eigenvalue weighted by molar-refractivity contribution is -0.144. The van der Waals surface area contributed by atoms with Crippen molar-refractivity contribution in [3.8, 4) is 5.75 Å². The second-order valence-electron chi connectivity index (χ2n) is 18.1. The molecule has 0 aliphatic carbocycles. The molecule has 10 atom stereocenters. The third-order valence-electron chi connectivity index (χ3n) is 11.5. The van der Waals surface area contributed by atoms with E-state index in [2.05, 4.69) is 37.2 Å². The Kier molecular flexibility index (Phi) is 23.0. The summed E-state index contributed by atoms with van der Waals surface area (Å²) in [5, 5.41) is 45.6. The Morgan fingerprint density at radius 3 is 1.72 bits per heavy atom. The number of amides is 9. The van der Waals surface area contributed by atoms with Crippen LogP contribution in [0.3, 0.4) is 0 Å². The molecule has 1 saturated heterocycles. The van der Waals surface area contributed by atoms with Crippen LogP contribution in [0.1, 0.15) is 99.5 Å². The highest BCUT2D eigenvalue weighted by atomic mass is 16.4. The molecule has 0 radical (unpaired) electrons. The van der Waals surface area contributed by atoms with Gasteiger partial charge in [-0.3, -0.25) is 47.9 Å². The van der Waals surface area contributed by atoms with Crippen molar-refractivity contribution >= 4 is 65.1 Å². The van der Waals surface area contributed by atoms with Gasteiger partial charge in [-0.2, -0.15) is 0 Å². The molecule has 0 bridgehead atoms. The van der Waals surface area contributed by atoms with Crippen LogP contribution < -0.4 is 48.7 Å². The number of nitrogens with zero attached hydrogens (tertiary/aromatic N) is 1. The van der Waals surface area contributed by atoms with E-state index >= 15 is 0 Å². The monoisotopic (exact) mass is 975 g/mol. The first-order chi connectivity index (χ1) is 32.2. The molecule has 1 aromatic rings. The molecule has 14 N–H and O–H groups in total. The smallest absolute Gasteiger partial charge is 0.326 e. The molecule has 0 saturated carbocycles. The second-order valence-corrected chi connectivity index (χ2v) is 18.1. The molecule has 1 heterocycles. The molecule has 1 fully saturated rings. The summed E-state index contributed by atoms with van der Waals surface area (Å²) in [4.78, 5) is 144. The molecule has 1 aromatic carbocycles. The van der Waals surface area contributed by atoms with Crippen molar-refractivity contribution < 1.29 is 68.1 Å². The van der Waals surface area contributed by atoms with Crippen LogP contribution in [0, 0.1) is 17.8 Å². The van der Waals surface area contributed by atoms with Crippen LogP contribution in [0.4, 0.5) is 0 Å².